The monoisotopic (exact) mass is 402 g/mol. The number of Topliss-reactive ketones (excluding diaryl/α,β-unsaturated/α-hetero) is 1. The molecule has 5 rings (SSSR count). The van der Waals surface area contributed by atoms with Gasteiger partial charge in [-0.2, -0.15) is 0 Å². The van der Waals surface area contributed by atoms with E-state index in [9.17, 15) is 4.79 Å². The maximum Gasteiger partial charge on any atom is 0.192 e. The Kier molecular flexibility index (Phi) is 4.72. The molecule has 4 aromatic rings. The average molecular weight is 403 g/mol. The molecule has 0 spiro atoms. The van der Waals surface area contributed by atoms with Crippen molar-refractivity contribution in [3.05, 3.63) is 77.7 Å². The van der Waals surface area contributed by atoms with Gasteiger partial charge < -0.3 is 9.55 Å². The maximum absolute atomic E-state index is 13.1. The Balaban J connectivity index is 1.41. The molecule has 0 saturated heterocycles. The molecule has 1 aliphatic rings. The van der Waals surface area contributed by atoms with Crippen molar-refractivity contribution in [1.29, 1.82) is 0 Å². The molecule has 0 amide bonds. The van der Waals surface area contributed by atoms with Gasteiger partial charge in [0.2, 0.25) is 0 Å². The second-order valence-corrected chi connectivity index (χ2v) is 8.87. The number of H-pyrrole nitrogens is 1. The lowest BCUT2D eigenvalue weighted by molar-refractivity contribution is 0.0995. The predicted octanol–water partition coefficient (Wildman–Crippen LogP) is 5.05. The molecular weight excluding hydrogens is 380 g/mol. The Labute approximate surface area is 173 Å². The summed E-state index contributed by atoms with van der Waals surface area (Å²) in [5.41, 5.74) is 2.93. The summed E-state index contributed by atoms with van der Waals surface area (Å²) in [7, 11) is 0. The number of nitrogens with zero attached hydrogens (tertiary/aromatic N) is 3. The summed E-state index contributed by atoms with van der Waals surface area (Å²) < 4.78 is 2.19. The topological polar surface area (TPSA) is 63.6 Å². The Morgan fingerprint density at radius 3 is 2.69 bits per heavy atom. The van der Waals surface area contributed by atoms with Gasteiger partial charge in [0, 0.05) is 28.6 Å². The Morgan fingerprint density at radius 2 is 1.90 bits per heavy atom. The number of benzene rings is 2. The van der Waals surface area contributed by atoms with Crippen LogP contribution in [-0.4, -0.2) is 30.8 Å². The number of hydrogen-bond acceptors (Lipinski definition) is 4. The largest absolute Gasteiger partial charge is 0.360 e. The summed E-state index contributed by atoms with van der Waals surface area (Å²) >= 11 is 1.50. The molecule has 0 bridgehead atoms. The summed E-state index contributed by atoms with van der Waals surface area (Å²) in [5, 5.41) is 10.5. The third-order valence-corrected chi connectivity index (χ3v) is 6.46. The molecule has 2 aromatic carbocycles. The summed E-state index contributed by atoms with van der Waals surface area (Å²) in [6.07, 6.45) is 4.15. The molecule has 1 saturated carbocycles. The van der Waals surface area contributed by atoms with E-state index in [-0.39, 0.29) is 11.0 Å². The highest BCUT2D eigenvalue weighted by Crippen LogP contribution is 2.40. The molecule has 29 heavy (non-hydrogen) atoms. The minimum absolute atomic E-state index is 0.106. The van der Waals surface area contributed by atoms with Gasteiger partial charge in [-0.05, 0) is 31.4 Å². The minimum Gasteiger partial charge on any atom is -0.360 e. The van der Waals surface area contributed by atoms with Crippen molar-refractivity contribution in [2.75, 3.05) is 0 Å². The summed E-state index contributed by atoms with van der Waals surface area (Å²) in [6.45, 7) is 2.68. The SMILES string of the molecule is CC(Sc1nnc(C2CC2)n1Cc1ccccc1)C(=O)c1c[nH]c2ccccc12. The van der Waals surface area contributed by atoms with Gasteiger partial charge in [0.05, 0.1) is 11.8 Å². The van der Waals surface area contributed by atoms with Gasteiger partial charge in [0.25, 0.3) is 0 Å². The van der Waals surface area contributed by atoms with Crippen LogP contribution in [0.2, 0.25) is 0 Å². The van der Waals surface area contributed by atoms with Crippen LogP contribution in [-0.2, 0) is 6.54 Å². The molecule has 1 aliphatic carbocycles. The number of aromatic amines is 1. The molecule has 1 N–H and O–H groups in total. The van der Waals surface area contributed by atoms with E-state index < -0.39 is 0 Å². The molecule has 1 fully saturated rings. The quantitative estimate of drug-likeness (QED) is 0.347. The van der Waals surface area contributed by atoms with Crippen molar-refractivity contribution in [3.8, 4) is 0 Å². The van der Waals surface area contributed by atoms with Crippen molar-refractivity contribution >= 4 is 28.4 Å². The highest BCUT2D eigenvalue weighted by molar-refractivity contribution is 8.00. The Bertz CT molecular complexity index is 1160. The van der Waals surface area contributed by atoms with Crippen LogP contribution < -0.4 is 0 Å². The summed E-state index contributed by atoms with van der Waals surface area (Å²) in [6, 6.07) is 18.3. The standard InChI is InChI=1S/C23H22N4OS/c1-15(21(28)19-13-24-20-10-6-5-9-18(19)20)29-23-26-25-22(17-11-12-17)27(23)14-16-7-3-2-4-8-16/h2-10,13,15,17,24H,11-12,14H2,1H3. The molecule has 2 heterocycles. The van der Waals surface area contributed by atoms with Gasteiger partial charge in [-0.25, -0.2) is 0 Å². The van der Waals surface area contributed by atoms with Crippen LogP contribution in [0.5, 0.6) is 0 Å². The number of para-hydroxylation sites is 1. The first kappa shape index (κ1) is 18.2. The number of hydrogen-bond donors (Lipinski definition) is 1. The lowest BCUT2D eigenvalue weighted by atomic mass is 10.1. The maximum atomic E-state index is 13.1. The van der Waals surface area contributed by atoms with Crippen molar-refractivity contribution in [2.45, 2.75) is 42.6 Å². The van der Waals surface area contributed by atoms with Crippen LogP contribution in [0.25, 0.3) is 10.9 Å². The van der Waals surface area contributed by atoms with Gasteiger partial charge in [-0.1, -0.05) is 60.3 Å². The molecule has 1 atom stereocenters. The van der Waals surface area contributed by atoms with E-state index in [1.165, 1.54) is 30.2 Å². The second kappa shape index (κ2) is 7.52. The number of carbonyl (C=O) groups is 1. The lowest BCUT2D eigenvalue weighted by Gasteiger charge is -2.13. The number of aromatic nitrogens is 4. The van der Waals surface area contributed by atoms with Crippen molar-refractivity contribution in [1.82, 2.24) is 19.7 Å². The third kappa shape index (κ3) is 3.60. The molecule has 0 aliphatic heterocycles. The fourth-order valence-corrected chi connectivity index (χ4v) is 4.57. The lowest BCUT2D eigenvalue weighted by Crippen LogP contribution is -2.15. The number of thioether (sulfide) groups is 1. The van der Waals surface area contributed by atoms with Crippen LogP contribution in [0.1, 0.15) is 47.4 Å². The van der Waals surface area contributed by atoms with E-state index >= 15 is 0 Å². The summed E-state index contributed by atoms with van der Waals surface area (Å²) in [5.74, 6) is 1.65. The first-order valence-electron chi connectivity index (χ1n) is 9.94. The number of carbonyl (C=O) groups excluding carboxylic acids is 1. The van der Waals surface area contributed by atoms with Gasteiger partial charge in [0.1, 0.15) is 5.82 Å². The molecule has 0 radical (unpaired) electrons. The van der Waals surface area contributed by atoms with E-state index in [1.807, 2.05) is 55.6 Å². The normalized spacial score (nSPS) is 14.9. The third-order valence-electron chi connectivity index (χ3n) is 5.38. The zero-order valence-corrected chi connectivity index (χ0v) is 17.0. The fraction of sp³-hybridized carbons (Fsp3) is 0.261. The van der Waals surface area contributed by atoms with Gasteiger partial charge >= 0.3 is 0 Å². The van der Waals surface area contributed by atoms with Crippen molar-refractivity contribution < 1.29 is 4.79 Å². The van der Waals surface area contributed by atoms with Crippen LogP contribution >= 0.6 is 11.8 Å². The predicted molar refractivity (Wildman–Crippen MR) is 115 cm³/mol. The molecule has 146 valence electrons. The first-order valence-corrected chi connectivity index (χ1v) is 10.8. The van der Waals surface area contributed by atoms with E-state index in [0.29, 0.717) is 5.92 Å². The minimum atomic E-state index is -0.250. The van der Waals surface area contributed by atoms with Crippen LogP contribution in [0, 0.1) is 0 Å². The molecule has 2 aromatic heterocycles. The number of nitrogens with one attached hydrogen (secondary N) is 1. The average Bonchev–Trinajstić information content (AvgIpc) is 3.39. The Morgan fingerprint density at radius 1 is 1.14 bits per heavy atom. The zero-order chi connectivity index (χ0) is 19.8. The van der Waals surface area contributed by atoms with E-state index in [0.717, 1.165) is 34.0 Å². The van der Waals surface area contributed by atoms with Crippen LogP contribution in [0.4, 0.5) is 0 Å². The van der Waals surface area contributed by atoms with Crippen molar-refractivity contribution in [2.24, 2.45) is 0 Å². The Hall–Kier alpha value is -2.86. The fourth-order valence-electron chi connectivity index (χ4n) is 3.65. The number of fused-ring (bicyclic) bond motifs is 1. The second-order valence-electron chi connectivity index (χ2n) is 7.56. The van der Waals surface area contributed by atoms with E-state index in [2.05, 4.69) is 31.9 Å². The van der Waals surface area contributed by atoms with Crippen molar-refractivity contribution in [3.63, 3.8) is 0 Å². The molecule has 1 unspecified atom stereocenters. The van der Waals surface area contributed by atoms with Crippen LogP contribution in [0.3, 0.4) is 0 Å². The van der Waals surface area contributed by atoms with Gasteiger partial charge in [0.15, 0.2) is 10.9 Å². The molecular formula is C23H22N4OS. The van der Waals surface area contributed by atoms with Crippen LogP contribution in [0.15, 0.2) is 66.0 Å². The smallest absolute Gasteiger partial charge is 0.192 e. The molecule has 6 heteroatoms. The molecule has 5 nitrogen and oxygen atoms in total. The first-order chi connectivity index (χ1) is 14.2. The van der Waals surface area contributed by atoms with E-state index in [1.54, 1.807) is 0 Å². The highest BCUT2D eigenvalue weighted by Gasteiger charge is 2.31. The van der Waals surface area contributed by atoms with Gasteiger partial charge in [-0.3, -0.25) is 4.79 Å². The summed E-state index contributed by atoms with van der Waals surface area (Å²) in [4.78, 5) is 16.3. The number of rotatable bonds is 7. The van der Waals surface area contributed by atoms with E-state index in [4.69, 9.17) is 0 Å². The number of ketones is 1. The zero-order valence-electron chi connectivity index (χ0n) is 16.2. The highest BCUT2D eigenvalue weighted by atomic mass is 32.2. The van der Waals surface area contributed by atoms with Gasteiger partial charge in [-0.15, -0.1) is 10.2 Å².